The summed E-state index contributed by atoms with van der Waals surface area (Å²) in [7, 11) is 0. The summed E-state index contributed by atoms with van der Waals surface area (Å²) < 4.78 is 5.44. The second kappa shape index (κ2) is 7.11. The normalized spacial score (nSPS) is 12.4. The highest BCUT2D eigenvalue weighted by Gasteiger charge is 2.20. The van der Waals surface area contributed by atoms with Crippen molar-refractivity contribution in [2.45, 2.75) is 46.2 Å². The third-order valence-corrected chi connectivity index (χ3v) is 2.72. The van der Waals surface area contributed by atoms with Crippen LogP contribution >= 0.6 is 0 Å². The topological polar surface area (TPSA) is 67.4 Å². The van der Waals surface area contributed by atoms with Crippen molar-refractivity contribution in [3.63, 3.8) is 0 Å². The fourth-order valence-corrected chi connectivity index (χ4v) is 1.69. The predicted molar refractivity (Wildman–Crippen MR) is 82.2 cm³/mol. The first-order valence-electron chi connectivity index (χ1n) is 6.99. The monoisotopic (exact) mass is 292 g/mol. The molecule has 0 aliphatic heterocycles. The Labute approximate surface area is 126 Å². The Morgan fingerprint density at radius 3 is 2.43 bits per heavy atom. The maximum Gasteiger partial charge on any atom is 0.258 e. The van der Waals surface area contributed by atoms with Gasteiger partial charge in [0.15, 0.2) is 6.61 Å². The van der Waals surface area contributed by atoms with E-state index in [1.165, 1.54) is 0 Å². The molecule has 0 aromatic heterocycles. The van der Waals surface area contributed by atoms with Gasteiger partial charge in [0, 0.05) is 5.54 Å². The maximum atomic E-state index is 11.9. The molecule has 116 valence electrons. The van der Waals surface area contributed by atoms with E-state index >= 15 is 0 Å². The van der Waals surface area contributed by atoms with Crippen molar-refractivity contribution in [2.75, 3.05) is 6.61 Å². The number of hydrogen-bond acceptors (Lipinski definition) is 3. The van der Waals surface area contributed by atoms with Crippen LogP contribution in [0.15, 0.2) is 24.3 Å². The van der Waals surface area contributed by atoms with E-state index in [0.717, 1.165) is 5.56 Å². The van der Waals surface area contributed by atoms with Crippen LogP contribution in [-0.2, 0) is 9.59 Å². The Balaban J connectivity index is 2.43. The SMILES string of the molecule is Cc1ccccc1OCC(=O)NC(C)C(=O)NC(C)(C)C. The lowest BCUT2D eigenvalue weighted by molar-refractivity contribution is -0.130. The number of nitrogens with one attached hydrogen (secondary N) is 2. The van der Waals surface area contributed by atoms with Gasteiger partial charge in [-0.2, -0.15) is 0 Å². The summed E-state index contributed by atoms with van der Waals surface area (Å²) in [6.45, 7) is 9.11. The molecule has 0 spiro atoms. The molecule has 2 N–H and O–H groups in total. The summed E-state index contributed by atoms with van der Waals surface area (Å²) in [5.74, 6) is 0.126. The van der Waals surface area contributed by atoms with Crippen molar-refractivity contribution >= 4 is 11.8 Å². The molecule has 0 saturated carbocycles. The van der Waals surface area contributed by atoms with Gasteiger partial charge < -0.3 is 15.4 Å². The molecule has 5 heteroatoms. The van der Waals surface area contributed by atoms with Gasteiger partial charge >= 0.3 is 0 Å². The van der Waals surface area contributed by atoms with Crippen molar-refractivity contribution in [3.05, 3.63) is 29.8 Å². The largest absolute Gasteiger partial charge is 0.484 e. The van der Waals surface area contributed by atoms with E-state index in [0.29, 0.717) is 5.75 Å². The van der Waals surface area contributed by atoms with Crippen LogP contribution in [0.2, 0.25) is 0 Å². The fraction of sp³-hybridized carbons (Fsp3) is 0.500. The number of rotatable bonds is 5. The summed E-state index contributed by atoms with van der Waals surface area (Å²) in [5, 5.41) is 5.43. The van der Waals surface area contributed by atoms with E-state index in [1.54, 1.807) is 13.0 Å². The van der Waals surface area contributed by atoms with Crippen molar-refractivity contribution in [3.8, 4) is 5.75 Å². The Bertz CT molecular complexity index is 506. The second-order valence-corrected chi connectivity index (χ2v) is 6.08. The number of carbonyl (C=O) groups is 2. The lowest BCUT2D eigenvalue weighted by atomic mass is 10.1. The van der Waals surface area contributed by atoms with Crippen LogP contribution in [-0.4, -0.2) is 30.0 Å². The number of carbonyl (C=O) groups excluding carboxylic acids is 2. The molecule has 21 heavy (non-hydrogen) atoms. The molecule has 0 aliphatic rings. The summed E-state index contributed by atoms with van der Waals surface area (Å²) in [4.78, 5) is 23.6. The zero-order chi connectivity index (χ0) is 16.0. The highest BCUT2D eigenvalue weighted by Crippen LogP contribution is 2.15. The molecule has 0 aliphatic carbocycles. The number of hydrogen-bond donors (Lipinski definition) is 2. The van der Waals surface area contributed by atoms with Gasteiger partial charge in [0.1, 0.15) is 11.8 Å². The number of ether oxygens (including phenoxy) is 1. The van der Waals surface area contributed by atoms with Crippen LogP contribution in [0.1, 0.15) is 33.3 Å². The average Bonchev–Trinajstić information content (AvgIpc) is 2.35. The van der Waals surface area contributed by atoms with Gasteiger partial charge in [-0.05, 0) is 46.2 Å². The van der Waals surface area contributed by atoms with Gasteiger partial charge in [-0.3, -0.25) is 9.59 Å². The van der Waals surface area contributed by atoms with Crippen LogP contribution in [0.3, 0.4) is 0 Å². The molecular formula is C16H24N2O3. The molecule has 5 nitrogen and oxygen atoms in total. The second-order valence-electron chi connectivity index (χ2n) is 6.08. The Kier molecular flexibility index (Phi) is 5.76. The predicted octanol–water partition coefficient (Wildman–Crippen LogP) is 1.79. The Hall–Kier alpha value is -2.04. The van der Waals surface area contributed by atoms with Crippen LogP contribution in [0.5, 0.6) is 5.75 Å². The van der Waals surface area contributed by atoms with E-state index in [1.807, 2.05) is 45.9 Å². The third-order valence-electron chi connectivity index (χ3n) is 2.72. The number of amides is 2. The van der Waals surface area contributed by atoms with Crippen LogP contribution in [0.25, 0.3) is 0 Å². The van der Waals surface area contributed by atoms with Crippen molar-refractivity contribution in [1.82, 2.24) is 10.6 Å². The molecule has 1 rings (SSSR count). The van der Waals surface area contributed by atoms with Crippen molar-refractivity contribution in [2.24, 2.45) is 0 Å². The highest BCUT2D eigenvalue weighted by atomic mass is 16.5. The van der Waals surface area contributed by atoms with Gasteiger partial charge in [0.05, 0.1) is 0 Å². The van der Waals surface area contributed by atoms with E-state index in [2.05, 4.69) is 10.6 Å². The Morgan fingerprint density at radius 1 is 1.24 bits per heavy atom. The molecule has 0 fully saturated rings. The van der Waals surface area contributed by atoms with Crippen molar-refractivity contribution < 1.29 is 14.3 Å². The molecule has 1 unspecified atom stereocenters. The highest BCUT2D eigenvalue weighted by molar-refractivity contribution is 5.88. The minimum atomic E-state index is -0.600. The summed E-state index contributed by atoms with van der Waals surface area (Å²) in [5.41, 5.74) is 0.636. The van der Waals surface area contributed by atoms with Crippen LogP contribution in [0.4, 0.5) is 0 Å². The summed E-state index contributed by atoms with van der Waals surface area (Å²) in [6.07, 6.45) is 0. The minimum Gasteiger partial charge on any atom is -0.484 e. The van der Waals surface area contributed by atoms with Gasteiger partial charge in [-0.15, -0.1) is 0 Å². The number of para-hydroxylation sites is 1. The molecule has 2 amide bonds. The van der Waals surface area contributed by atoms with Crippen LogP contribution in [0, 0.1) is 6.92 Å². The van der Waals surface area contributed by atoms with Gasteiger partial charge in [-0.1, -0.05) is 18.2 Å². The quantitative estimate of drug-likeness (QED) is 0.869. The van der Waals surface area contributed by atoms with Gasteiger partial charge in [0.25, 0.3) is 5.91 Å². The molecule has 0 radical (unpaired) electrons. The molecule has 0 heterocycles. The van der Waals surface area contributed by atoms with E-state index in [-0.39, 0.29) is 24.0 Å². The molecule has 1 aromatic rings. The maximum absolute atomic E-state index is 11.9. The first kappa shape index (κ1) is 17.0. The van der Waals surface area contributed by atoms with Gasteiger partial charge in [-0.25, -0.2) is 0 Å². The first-order chi connectivity index (χ1) is 9.69. The third kappa shape index (κ3) is 6.29. The molecule has 0 bridgehead atoms. The molecule has 1 aromatic carbocycles. The van der Waals surface area contributed by atoms with E-state index in [4.69, 9.17) is 4.74 Å². The van der Waals surface area contributed by atoms with Gasteiger partial charge in [0.2, 0.25) is 5.91 Å². The lowest BCUT2D eigenvalue weighted by Crippen LogP contribution is -2.51. The van der Waals surface area contributed by atoms with Crippen molar-refractivity contribution in [1.29, 1.82) is 0 Å². The standard InChI is InChI=1S/C16H24N2O3/c1-11-8-6-7-9-13(11)21-10-14(19)17-12(2)15(20)18-16(3,4)5/h6-9,12H,10H2,1-5H3,(H,17,19)(H,18,20). The fourth-order valence-electron chi connectivity index (χ4n) is 1.69. The van der Waals surface area contributed by atoms with E-state index in [9.17, 15) is 9.59 Å². The molecule has 1 atom stereocenters. The lowest BCUT2D eigenvalue weighted by Gasteiger charge is -2.23. The summed E-state index contributed by atoms with van der Waals surface area (Å²) in [6, 6.07) is 6.86. The minimum absolute atomic E-state index is 0.113. The summed E-state index contributed by atoms with van der Waals surface area (Å²) >= 11 is 0. The Morgan fingerprint density at radius 2 is 1.86 bits per heavy atom. The van der Waals surface area contributed by atoms with Crippen LogP contribution < -0.4 is 15.4 Å². The molecule has 0 saturated heterocycles. The average molecular weight is 292 g/mol. The number of aryl methyl sites for hydroxylation is 1. The smallest absolute Gasteiger partial charge is 0.258 e. The number of benzene rings is 1. The first-order valence-corrected chi connectivity index (χ1v) is 6.99. The zero-order valence-corrected chi connectivity index (χ0v) is 13.3. The van der Waals surface area contributed by atoms with E-state index < -0.39 is 6.04 Å². The zero-order valence-electron chi connectivity index (χ0n) is 13.3. The molecular weight excluding hydrogens is 268 g/mol.